The molecule has 2 aromatic carbocycles. The Balaban J connectivity index is 2.16. The van der Waals surface area contributed by atoms with Crippen LogP contribution in [-0.4, -0.2) is 31.8 Å². The zero-order valence-electron chi connectivity index (χ0n) is 16.0. The van der Waals surface area contributed by atoms with Crippen molar-refractivity contribution in [3.63, 3.8) is 0 Å². The van der Waals surface area contributed by atoms with Gasteiger partial charge in [-0.2, -0.15) is 0 Å². The minimum Gasteiger partial charge on any atom is -0.502 e. The van der Waals surface area contributed by atoms with Crippen molar-refractivity contribution in [2.75, 3.05) is 20.8 Å². The molecule has 0 spiro atoms. The van der Waals surface area contributed by atoms with Crippen LogP contribution in [0.15, 0.2) is 41.4 Å². The average molecular weight is 392 g/mol. The van der Waals surface area contributed by atoms with Gasteiger partial charge in [-0.1, -0.05) is 23.7 Å². The van der Waals surface area contributed by atoms with Crippen LogP contribution < -0.4 is 20.1 Å². The maximum atomic E-state index is 10.0. The molecule has 0 aliphatic heterocycles. The quantitative estimate of drug-likeness (QED) is 0.493. The van der Waals surface area contributed by atoms with E-state index in [1.165, 1.54) is 14.2 Å². The fraction of sp³-hybridized carbons (Fsp3) is 0.350. The molecule has 6 nitrogen and oxygen atoms in total. The van der Waals surface area contributed by atoms with Gasteiger partial charge in [-0.3, -0.25) is 0 Å². The van der Waals surface area contributed by atoms with Crippen molar-refractivity contribution in [1.82, 2.24) is 10.6 Å². The normalized spacial score (nSPS) is 12.4. The first kappa shape index (κ1) is 20.7. The van der Waals surface area contributed by atoms with Crippen molar-refractivity contribution in [1.29, 1.82) is 0 Å². The van der Waals surface area contributed by atoms with Crippen LogP contribution in [-0.2, 0) is 6.54 Å². The molecule has 0 amide bonds. The molecule has 146 valence electrons. The van der Waals surface area contributed by atoms with Crippen LogP contribution in [0.1, 0.15) is 31.0 Å². The summed E-state index contributed by atoms with van der Waals surface area (Å²) in [4.78, 5) is 4.62. The summed E-state index contributed by atoms with van der Waals surface area (Å²) in [5.41, 5.74) is 1.97. The molecule has 0 saturated heterocycles. The van der Waals surface area contributed by atoms with Crippen LogP contribution >= 0.6 is 11.6 Å². The number of aliphatic imine (C=N–C) groups is 1. The van der Waals surface area contributed by atoms with Crippen LogP contribution in [0.25, 0.3) is 0 Å². The van der Waals surface area contributed by atoms with Gasteiger partial charge in [-0.15, -0.1) is 0 Å². The Morgan fingerprint density at radius 3 is 2.26 bits per heavy atom. The second kappa shape index (κ2) is 9.92. The molecule has 0 bridgehead atoms. The Morgan fingerprint density at radius 2 is 1.74 bits per heavy atom. The van der Waals surface area contributed by atoms with Crippen molar-refractivity contribution in [3.05, 3.63) is 52.5 Å². The Morgan fingerprint density at radius 1 is 1.15 bits per heavy atom. The molecule has 7 heteroatoms. The summed E-state index contributed by atoms with van der Waals surface area (Å²) >= 11 is 5.96. The van der Waals surface area contributed by atoms with Crippen molar-refractivity contribution in [2.24, 2.45) is 4.99 Å². The van der Waals surface area contributed by atoms with Crippen molar-refractivity contribution in [3.8, 4) is 17.2 Å². The number of nitrogens with zero attached hydrogens (tertiary/aromatic N) is 1. The van der Waals surface area contributed by atoms with Gasteiger partial charge in [-0.25, -0.2) is 4.99 Å². The number of ether oxygens (including phenoxy) is 2. The van der Waals surface area contributed by atoms with E-state index in [0.29, 0.717) is 29.0 Å². The lowest BCUT2D eigenvalue weighted by molar-refractivity contribution is 0.339. The second-order valence-electron chi connectivity index (χ2n) is 5.96. The molecule has 0 fully saturated rings. The highest BCUT2D eigenvalue weighted by Crippen LogP contribution is 2.37. The summed E-state index contributed by atoms with van der Waals surface area (Å²) in [6, 6.07) is 11.3. The molecule has 0 aliphatic rings. The molecule has 0 aliphatic carbocycles. The lowest BCUT2D eigenvalue weighted by Crippen LogP contribution is -2.38. The van der Waals surface area contributed by atoms with Gasteiger partial charge in [0.15, 0.2) is 17.5 Å². The minimum absolute atomic E-state index is 0.0193. The van der Waals surface area contributed by atoms with E-state index in [4.69, 9.17) is 21.1 Å². The van der Waals surface area contributed by atoms with Gasteiger partial charge < -0.3 is 25.2 Å². The Labute approximate surface area is 165 Å². The number of phenolic OH excluding ortho intramolecular Hbond substituents is 1. The van der Waals surface area contributed by atoms with Crippen molar-refractivity contribution < 1.29 is 14.6 Å². The minimum atomic E-state index is -0.0193. The Hall–Kier alpha value is -2.60. The zero-order chi connectivity index (χ0) is 19.8. The van der Waals surface area contributed by atoms with Crippen LogP contribution in [0.5, 0.6) is 17.2 Å². The molecular formula is C20H26ClN3O3. The van der Waals surface area contributed by atoms with Gasteiger partial charge >= 0.3 is 0 Å². The first-order chi connectivity index (χ1) is 13.0. The number of methoxy groups -OCH3 is 2. The van der Waals surface area contributed by atoms with Gasteiger partial charge in [0.25, 0.3) is 0 Å². The third-order valence-corrected chi connectivity index (χ3v) is 4.28. The standard InChI is InChI=1S/C20H26ClN3O3/c1-5-22-20(24-13(2)15-6-8-16(21)9-7-15)23-12-14-10-17(26-3)19(25)18(11-14)27-4/h6-11,13,25H,5,12H2,1-4H3,(H2,22,23,24). The van der Waals surface area contributed by atoms with Crippen molar-refractivity contribution >= 4 is 17.6 Å². The summed E-state index contributed by atoms with van der Waals surface area (Å²) < 4.78 is 10.4. The van der Waals surface area contributed by atoms with Gasteiger partial charge in [0.05, 0.1) is 26.8 Å². The van der Waals surface area contributed by atoms with Gasteiger partial charge in [-0.05, 0) is 49.2 Å². The maximum absolute atomic E-state index is 10.0. The van der Waals surface area contributed by atoms with E-state index in [0.717, 1.165) is 17.7 Å². The largest absolute Gasteiger partial charge is 0.502 e. The molecule has 2 rings (SSSR count). The summed E-state index contributed by atoms with van der Waals surface area (Å²) in [5, 5.41) is 17.3. The van der Waals surface area contributed by atoms with Crippen molar-refractivity contribution in [2.45, 2.75) is 26.4 Å². The first-order valence-corrected chi connectivity index (χ1v) is 9.10. The van der Waals surface area contributed by atoms with E-state index in [2.05, 4.69) is 22.5 Å². The monoisotopic (exact) mass is 391 g/mol. The van der Waals surface area contributed by atoms with E-state index in [-0.39, 0.29) is 11.8 Å². The molecule has 2 aromatic rings. The fourth-order valence-corrected chi connectivity index (χ4v) is 2.70. The summed E-state index contributed by atoms with van der Waals surface area (Å²) in [6.45, 7) is 5.20. The van der Waals surface area contributed by atoms with E-state index >= 15 is 0 Å². The number of guanidine groups is 1. The van der Waals surface area contributed by atoms with Crippen LogP contribution in [0.3, 0.4) is 0 Å². The van der Waals surface area contributed by atoms with E-state index in [1.54, 1.807) is 12.1 Å². The first-order valence-electron chi connectivity index (χ1n) is 8.72. The summed E-state index contributed by atoms with van der Waals surface area (Å²) in [6.07, 6.45) is 0. The number of benzene rings is 2. The Kier molecular flexibility index (Phi) is 7.61. The lowest BCUT2D eigenvalue weighted by atomic mass is 10.1. The molecule has 1 atom stereocenters. The molecule has 1 unspecified atom stereocenters. The molecule has 0 saturated carbocycles. The molecule has 27 heavy (non-hydrogen) atoms. The number of hydrogen-bond donors (Lipinski definition) is 3. The molecular weight excluding hydrogens is 366 g/mol. The number of aromatic hydroxyl groups is 1. The predicted molar refractivity (Wildman–Crippen MR) is 109 cm³/mol. The molecule has 0 aromatic heterocycles. The van der Waals surface area contributed by atoms with Gasteiger partial charge in [0.2, 0.25) is 5.75 Å². The third kappa shape index (κ3) is 5.69. The van der Waals surface area contributed by atoms with Crippen LogP contribution in [0, 0.1) is 0 Å². The van der Waals surface area contributed by atoms with E-state index < -0.39 is 0 Å². The SMILES string of the molecule is CCNC(=NCc1cc(OC)c(O)c(OC)c1)NC(C)c1ccc(Cl)cc1. The Bertz CT molecular complexity index is 754. The number of rotatable bonds is 7. The fourth-order valence-electron chi connectivity index (χ4n) is 2.57. The van der Waals surface area contributed by atoms with Crippen LogP contribution in [0.2, 0.25) is 5.02 Å². The third-order valence-electron chi connectivity index (χ3n) is 4.03. The number of phenols is 1. The topological polar surface area (TPSA) is 75.1 Å². The smallest absolute Gasteiger partial charge is 0.200 e. The lowest BCUT2D eigenvalue weighted by Gasteiger charge is -2.18. The summed E-state index contributed by atoms with van der Waals surface area (Å²) in [5.74, 6) is 1.37. The maximum Gasteiger partial charge on any atom is 0.200 e. The highest BCUT2D eigenvalue weighted by Gasteiger charge is 2.12. The zero-order valence-corrected chi connectivity index (χ0v) is 16.8. The highest BCUT2D eigenvalue weighted by atomic mass is 35.5. The number of halogens is 1. The van der Waals surface area contributed by atoms with Gasteiger partial charge in [0.1, 0.15) is 0 Å². The van der Waals surface area contributed by atoms with E-state index in [9.17, 15) is 5.11 Å². The summed E-state index contributed by atoms with van der Waals surface area (Å²) in [7, 11) is 3.00. The second-order valence-corrected chi connectivity index (χ2v) is 6.40. The number of nitrogens with one attached hydrogen (secondary N) is 2. The average Bonchev–Trinajstić information content (AvgIpc) is 2.67. The number of hydrogen-bond acceptors (Lipinski definition) is 4. The molecule has 0 radical (unpaired) electrons. The molecule has 0 heterocycles. The van der Waals surface area contributed by atoms with Crippen LogP contribution in [0.4, 0.5) is 0 Å². The predicted octanol–water partition coefficient (Wildman–Crippen LogP) is 3.88. The highest BCUT2D eigenvalue weighted by molar-refractivity contribution is 6.30. The van der Waals surface area contributed by atoms with Gasteiger partial charge in [0, 0.05) is 11.6 Å². The van der Waals surface area contributed by atoms with E-state index in [1.807, 2.05) is 31.2 Å². The molecule has 3 N–H and O–H groups in total.